The van der Waals surface area contributed by atoms with Gasteiger partial charge in [-0.05, 0) is 30.2 Å². The van der Waals surface area contributed by atoms with Crippen LogP contribution >= 0.6 is 0 Å². The van der Waals surface area contributed by atoms with Crippen LogP contribution in [0.2, 0.25) is 0 Å². The Kier molecular flexibility index (Phi) is 5.18. The Morgan fingerprint density at radius 1 is 1.29 bits per heavy atom. The Bertz CT molecular complexity index is 540. The summed E-state index contributed by atoms with van der Waals surface area (Å²) in [4.78, 5) is 11.5. The van der Waals surface area contributed by atoms with Crippen molar-refractivity contribution in [2.75, 3.05) is 38.6 Å². The van der Waals surface area contributed by atoms with Crippen molar-refractivity contribution < 1.29 is 18.4 Å². The molecule has 1 fully saturated rings. The maximum absolute atomic E-state index is 12.7. The van der Waals surface area contributed by atoms with E-state index in [4.69, 9.17) is 4.74 Å². The average molecular weight is 291 g/mol. The molecular weight excluding hydrogens is 271 g/mol. The van der Waals surface area contributed by atoms with Crippen LogP contribution in [0.5, 0.6) is 0 Å². The van der Waals surface area contributed by atoms with E-state index >= 15 is 0 Å². The van der Waals surface area contributed by atoms with E-state index in [1.165, 1.54) is 50.2 Å². The van der Waals surface area contributed by atoms with Crippen LogP contribution < -0.4 is 5.32 Å². The highest BCUT2D eigenvalue weighted by atomic mass is 19.1. The molecule has 0 radical (unpaired) electrons. The number of carbonyl (C=O) groups excluding carboxylic acids is 1. The maximum Gasteiger partial charge on any atom is 0.412 e. The van der Waals surface area contributed by atoms with Gasteiger partial charge in [0.05, 0.1) is 20.1 Å². The van der Waals surface area contributed by atoms with Gasteiger partial charge in [-0.1, -0.05) is 5.92 Å². The second kappa shape index (κ2) is 7.09. The fourth-order valence-corrected chi connectivity index (χ4v) is 2.34. The van der Waals surface area contributed by atoms with Crippen LogP contribution in [-0.2, 0) is 4.74 Å². The van der Waals surface area contributed by atoms with Gasteiger partial charge in [0, 0.05) is 18.5 Å². The SMILES string of the molecule is C[N+]1(CC#CCOC(=O)Nc2ccc(F)cc2)CCCC1. The van der Waals surface area contributed by atoms with E-state index in [9.17, 15) is 9.18 Å². The summed E-state index contributed by atoms with van der Waals surface area (Å²) >= 11 is 0. The van der Waals surface area contributed by atoms with Crippen molar-refractivity contribution in [3.63, 3.8) is 0 Å². The van der Waals surface area contributed by atoms with Crippen molar-refractivity contribution in [2.24, 2.45) is 0 Å². The van der Waals surface area contributed by atoms with E-state index in [0.717, 1.165) is 11.0 Å². The molecule has 5 heteroatoms. The lowest BCUT2D eigenvalue weighted by Crippen LogP contribution is -2.40. The molecule has 112 valence electrons. The molecular formula is C16H20FN2O2+. The first-order chi connectivity index (χ1) is 10.1. The normalized spacial score (nSPS) is 15.9. The van der Waals surface area contributed by atoms with Crippen LogP contribution in [0.1, 0.15) is 12.8 Å². The van der Waals surface area contributed by atoms with Gasteiger partial charge in [-0.15, -0.1) is 0 Å². The predicted molar refractivity (Wildman–Crippen MR) is 79.2 cm³/mol. The predicted octanol–water partition coefficient (Wildman–Crippen LogP) is 2.62. The minimum Gasteiger partial charge on any atom is -0.436 e. The third-order valence-corrected chi connectivity index (χ3v) is 3.60. The Balaban J connectivity index is 1.68. The molecule has 4 nitrogen and oxygen atoms in total. The summed E-state index contributed by atoms with van der Waals surface area (Å²) in [6.07, 6.45) is 1.93. The summed E-state index contributed by atoms with van der Waals surface area (Å²) in [6.45, 7) is 3.19. The van der Waals surface area contributed by atoms with E-state index in [1.54, 1.807) is 0 Å². The molecule has 1 aliphatic heterocycles. The van der Waals surface area contributed by atoms with E-state index in [2.05, 4.69) is 24.2 Å². The lowest BCUT2D eigenvalue weighted by molar-refractivity contribution is -0.890. The number of hydrogen-bond donors (Lipinski definition) is 1. The van der Waals surface area contributed by atoms with Gasteiger partial charge < -0.3 is 9.22 Å². The Hall–Kier alpha value is -2.06. The third kappa shape index (κ3) is 5.09. The molecule has 0 aromatic heterocycles. The van der Waals surface area contributed by atoms with E-state index in [1.807, 2.05) is 0 Å². The number of halogens is 1. The Labute approximate surface area is 124 Å². The van der Waals surface area contributed by atoms with Gasteiger partial charge in [0.15, 0.2) is 6.61 Å². The molecule has 0 saturated carbocycles. The monoisotopic (exact) mass is 291 g/mol. The lowest BCUT2D eigenvalue weighted by atomic mass is 10.3. The molecule has 0 aliphatic carbocycles. The van der Waals surface area contributed by atoms with Crippen LogP contribution in [0.15, 0.2) is 24.3 Å². The summed E-state index contributed by atoms with van der Waals surface area (Å²) < 4.78 is 18.6. The maximum atomic E-state index is 12.7. The van der Waals surface area contributed by atoms with Crippen molar-refractivity contribution in [3.05, 3.63) is 30.1 Å². The van der Waals surface area contributed by atoms with Crippen molar-refractivity contribution in [1.29, 1.82) is 0 Å². The van der Waals surface area contributed by atoms with E-state index in [0.29, 0.717) is 5.69 Å². The van der Waals surface area contributed by atoms with Crippen LogP contribution in [0.25, 0.3) is 0 Å². The zero-order valence-corrected chi connectivity index (χ0v) is 12.2. The topological polar surface area (TPSA) is 38.3 Å². The third-order valence-electron chi connectivity index (χ3n) is 3.60. The lowest BCUT2D eigenvalue weighted by Gasteiger charge is -2.26. The van der Waals surface area contributed by atoms with E-state index in [-0.39, 0.29) is 12.4 Å². The Morgan fingerprint density at radius 2 is 1.95 bits per heavy atom. The van der Waals surface area contributed by atoms with Crippen LogP contribution in [0.4, 0.5) is 14.9 Å². The number of anilines is 1. The van der Waals surface area contributed by atoms with Crippen LogP contribution in [0, 0.1) is 17.7 Å². The molecule has 0 spiro atoms. The summed E-state index contributed by atoms with van der Waals surface area (Å²) in [6, 6.07) is 5.49. The van der Waals surface area contributed by atoms with Gasteiger partial charge in [0.2, 0.25) is 0 Å². The summed E-state index contributed by atoms with van der Waals surface area (Å²) in [5.41, 5.74) is 0.490. The first kappa shape index (κ1) is 15.3. The second-order valence-electron chi connectivity index (χ2n) is 5.49. The fraction of sp³-hybridized carbons (Fsp3) is 0.438. The number of carbonyl (C=O) groups is 1. The number of amides is 1. The molecule has 1 aliphatic rings. The average Bonchev–Trinajstić information content (AvgIpc) is 2.88. The van der Waals surface area contributed by atoms with Crippen molar-refractivity contribution in [1.82, 2.24) is 0 Å². The van der Waals surface area contributed by atoms with E-state index < -0.39 is 6.09 Å². The Morgan fingerprint density at radius 3 is 2.62 bits per heavy atom. The highest BCUT2D eigenvalue weighted by Gasteiger charge is 2.25. The van der Waals surface area contributed by atoms with Crippen molar-refractivity contribution in [2.45, 2.75) is 12.8 Å². The molecule has 1 N–H and O–H groups in total. The first-order valence-corrected chi connectivity index (χ1v) is 7.06. The molecule has 1 aromatic rings. The number of hydrogen-bond acceptors (Lipinski definition) is 2. The highest BCUT2D eigenvalue weighted by molar-refractivity contribution is 5.84. The van der Waals surface area contributed by atoms with Gasteiger partial charge >= 0.3 is 6.09 Å². The number of ether oxygens (including phenoxy) is 1. The minimum atomic E-state index is -0.586. The fourth-order valence-electron chi connectivity index (χ4n) is 2.34. The number of likely N-dealkylation sites (tertiary alicyclic amines) is 1. The van der Waals surface area contributed by atoms with Crippen LogP contribution in [-0.4, -0.2) is 43.9 Å². The number of nitrogens with zero attached hydrogens (tertiary/aromatic N) is 1. The number of nitrogens with one attached hydrogen (secondary N) is 1. The molecule has 2 rings (SSSR count). The van der Waals surface area contributed by atoms with Gasteiger partial charge in [-0.3, -0.25) is 5.32 Å². The summed E-state index contributed by atoms with van der Waals surface area (Å²) in [7, 11) is 2.20. The molecule has 0 bridgehead atoms. The van der Waals surface area contributed by atoms with Crippen LogP contribution in [0.3, 0.4) is 0 Å². The minimum absolute atomic E-state index is 0.0625. The molecule has 21 heavy (non-hydrogen) atoms. The van der Waals surface area contributed by atoms with Gasteiger partial charge in [-0.25, -0.2) is 9.18 Å². The summed E-state index contributed by atoms with van der Waals surface area (Å²) in [5.74, 6) is 5.57. The van der Waals surface area contributed by atoms with Gasteiger partial charge in [0.25, 0.3) is 0 Å². The summed E-state index contributed by atoms with van der Waals surface area (Å²) in [5, 5.41) is 2.51. The quantitative estimate of drug-likeness (QED) is 0.687. The largest absolute Gasteiger partial charge is 0.436 e. The standard InChI is InChI=1S/C16H19FN2O2/c1-19(10-2-3-11-19)12-4-5-13-21-16(20)18-15-8-6-14(17)7-9-15/h6-9H,2-3,10-13H2,1H3/p+1. The molecule has 1 aromatic carbocycles. The highest BCUT2D eigenvalue weighted by Crippen LogP contribution is 2.14. The zero-order valence-electron chi connectivity index (χ0n) is 12.2. The molecule has 0 unspecified atom stereocenters. The number of quaternary nitrogens is 1. The molecule has 1 heterocycles. The zero-order chi connectivity index (χ0) is 15.1. The van der Waals surface area contributed by atoms with Gasteiger partial charge in [-0.2, -0.15) is 0 Å². The molecule has 1 amide bonds. The molecule has 1 saturated heterocycles. The number of rotatable bonds is 3. The number of benzene rings is 1. The van der Waals surface area contributed by atoms with Crippen molar-refractivity contribution >= 4 is 11.8 Å². The smallest absolute Gasteiger partial charge is 0.412 e. The second-order valence-corrected chi connectivity index (χ2v) is 5.49. The van der Waals surface area contributed by atoms with Gasteiger partial charge in [0.1, 0.15) is 12.4 Å². The van der Waals surface area contributed by atoms with Crippen molar-refractivity contribution in [3.8, 4) is 11.8 Å². The first-order valence-electron chi connectivity index (χ1n) is 7.06. The molecule has 0 atom stereocenters.